The van der Waals surface area contributed by atoms with Crippen LogP contribution in [0.25, 0.3) is 11.1 Å². The molecule has 0 unspecified atom stereocenters. The summed E-state index contributed by atoms with van der Waals surface area (Å²) in [5.41, 5.74) is -0.124. The number of phenols is 2. The monoisotopic (exact) mass is 284 g/mol. The lowest BCUT2D eigenvalue weighted by molar-refractivity contribution is -0.0687. The molecule has 1 aliphatic carbocycles. The molecule has 1 aliphatic rings. The molecule has 0 saturated carbocycles. The first-order valence-corrected chi connectivity index (χ1v) is 6.40. The van der Waals surface area contributed by atoms with Crippen molar-refractivity contribution in [2.45, 2.75) is 32.4 Å². The molecule has 0 saturated heterocycles. The van der Waals surface area contributed by atoms with Crippen LogP contribution in [-0.2, 0) is 0 Å². The van der Waals surface area contributed by atoms with Gasteiger partial charge in [0.1, 0.15) is 0 Å². The lowest BCUT2D eigenvalue weighted by Crippen LogP contribution is -2.09. The van der Waals surface area contributed by atoms with Gasteiger partial charge >= 0.3 is 6.18 Å². The molecule has 2 nitrogen and oxygen atoms in total. The molecule has 1 aromatic rings. The molecule has 2 N–H and O–H groups in total. The van der Waals surface area contributed by atoms with Crippen molar-refractivity contribution in [1.82, 2.24) is 0 Å². The van der Waals surface area contributed by atoms with Crippen LogP contribution >= 0.6 is 0 Å². The van der Waals surface area contributed by atoms with Crippen LogP contribution in [0, 0.1) is 0 Å². The number of phenolic OH excluding ortho intramolecular Hbond substituents is 2. The molecule has 0 atom stereocenters. The van der Waals surface area contributed by atoms with Gasteiger partial charge in [-0.05, 0) is 41.3 Å². The zero-order valence-electron chi connectivity index (χ0n) is 11.0. The van der Waals surface area contributed by atoms with E-state index in [2.05, 4.69) is 0 Å². The minimum Gasteiger partial charge on any atom is -0.504 e. The molecule has 0 amide bonds. The van der Waals surface area contributed by atoms with Gasteiger partial charge in [0, 0.05) is 0 Å². The van der Waals surface area contributed by atoms with E-state index in [0.717, 1.165) is 25.0 Å². The van der Waals surface area contributed by atoms with Gasteiger partial charge in [0.05, 0.1) is 5.57 Å². The highest BCUT2D eigenvalue weighted by molar-refractivity contribution is 5.98. The number of rotatable bonds is 3. The summed E-state index contributed by atoms with van der Waals surface area (Å²) in [6, 6.07) is 2.14. The molecule has 0 heterocycles. The van der Waals surface area contributed by atoms with E-state index in [1.807, 2.05) is 6.92 Å². The SMILES string of the molecule is CCCC/C=C1\C=C(C(F)(F)F)c2cc(O)c(O)cc21. The molecule has 1 aromatic carbocycles. The maximum Gasteiger partial charge on any atom is 0.417 e. The van der Waals surface area contributed by atoms with Crippen molar-refractivity contribution in [3.05, 3.63) is 35.4 Å². The van der Waals surface area contributed by atoms with E-state index in [0.29, 0.717) is 17.6 Å². The number of hydrogen-bond donors (Lipinski definition) is 2. The fourth-order valence-corrected chi connectivity index (χ4v) is 2.21. The van der Waals surface area contributed by atoms with E-state index in [1.165, 1.54) is 6.07 Å². The van der Waals surface area contributed by atoms with E-state index in [9.17, 15) is 23.4 Å². The molecule has 20 heavy (non-hydrogen) atoms. The second-order valence-corrected chi connectivity index (χ2v) is 4.74. The summed E-state index contributed by atoms with van der Waals surface area (Å²) in [5, 5.41) is 18.9. The Kier molecular flexibility index (Phi) is 3.79. The molecular formula is C15H15F3O2. The van der Waals surface area contributed by atoms with Crippen LogP contribution in [0.2, 0.25) is 0 Å². The lowest BCUT2D eigenvalue weighted by Gasteiger charge is -2.10. The Morgan fingerprint density at radius 2 is 1.70 bits per heavy atom. The van der Waals surface area contributed by atoms with Crippen molar-refractivity contribution in [2.24, 2.45) is 0 Å². The van der Waals surface area contributed by atoms with Crippen molar-refractivity contribution in [2.75, 3.05) is 0 Å². The number of alkyl halides is 3. The maximum absolute atomic E-state index is 13.0. The number of fused-ring (bicyclic) bond motifs is 1. The zero-order chi connectivity index (χ0) is 14.9. The van der Waals surface area contributed by atoms with E-state index in [-0.39, 0.29) is 5.56 Å². The molecule has 2 rings (SSSR count). The standard InChI is InChI=1S/C15H15F3O2/c1-2-3-4-5-9-6-12(15(16,17)18)11-8-14(20)13(19)7-10(9)11/h5-8,19-20H,2-4H2,1H3/b9-5+. The van der Waals surface area contributed by atoms with E-state index < -0.39 is 23.2 Å². The number of halogens is 3. The Bertz CT molecular complexity index is 584. The third-order valence-electron chi connectivity index (χ3n) is 3.24. The summed E-state index contributed by atoms with van der Waals surface area (Å²) in [7, 11) is 0. The third kappa shape index (κ3) is 2.66. The third-order valence-corrected chi connectivity index (χ3v) is 3.24. The van der Waals surface area contributed by atoms with Crippen LogP contribution < -0.4 is 0 Å². The number of aromatic hydroxyl groups is 2. The summed E-state index contributed by atoms with van der Waals surface area (Å²) in [6.07, 6.45) is 0.829. The van der Waals surface area contributed by atoms with Crippen LogP contribution in [0.1, 0.15) is 37.3 Å². The van der Waals surface area contributed by atoms with E-state index >= 15 is 0 Å². The van der Waals surface area contributed by atoms with Crippen LogP contribution in [0.5, 0.6) is 11.5 Å². The van der Waals surface area contributed by atoms with Crippen molar-refractivity contribution < 1.29 is 23.4 Å². The second-order valence-electron chi connectivity index (χ2n) is 4.74. The molecule has 0 bridgehead atoms. The molecule has 0 fully saturated rings. The fraction of sp³-hybridized carbons (Fsp3) is 0.333. The summed E-state index contributed by atoms with van der Waals surface area (Å²) in [6.45, 7) is 2.00. The zero-order valence-corrected chi connectivity index (χ0v) is 11.0. The van der Waals surface area contributed by atoms with Gasteiger partial charge < -0.3 is 10.2 Å². The fourth-order valence-electron chi connectivity index (χ4n) is 2.21. The first-order valence-electron chi connectivity index (χ1n) is 6.40. The van der Waals surface area contributed by atoms with Gasteiger partial charge in [0.25, 0.3) is 0 Å². The van der Waals surface area contributed by atoms with Gasteiger partial charge in [-0.3, -0.25) is 0 Å². The van der Waals surface area contributed by atoms with Crippen molar-refractivity contribution in [3.63, 3.8) is 0 Å². The minimum absolute atomic E-state index is 0.0875. The first kappa shape index (κ1) is 14.5. The summed E-state index contributed by atoms with van der Waals surface area (Å²) < 4.78 is 39.0. The first-order chi connectivity index (χ1) is 9.34. The number of benzene rings is 1. The molecule has 108 valence electrons. The topological polar surface area (TPSA) is 40.5 Å². The molecular weight excluding hydrogens is 269 g/mol. The van der Waals surface area contributed by atoms with Crippen molar-refractivity contribution >= 4 is 11.1 Å². The van der Waals surface area contributed by atoms with Crippen LogP contribution in [0.4, 0.5) is 13.2 Å². The summed E-state index contributed by atoms with van der Waals surface area (Å²) in [4.78, 5) is 0. The van der Waals surface area contributed by atoms with Gasteiger partial charge in [0.2, 0.25) is 0 Å². The Labute approximate surface area is 114 Å². The smallest absolute Gasteiger partial charge is 0.417 e. The largest absolute Gasteiger partial charge is 0.504 e. The van der Waals surface area contributed by atoms with Crippen LogP contribution in [0.15, 0.2) is 24.3 Å². The Balaban J connectivity index is 2.51. The van der Waals surface area contributed by atoms with Gasteiger partial charge in [0.15, 0.2) is 11.5 Å². The van der Waals surface area contributed by atoms with Gasteiger partial charge in [-0.15, -0.1) is 0 Å². The molecule has 0 radical (unpaired) electrons. The van der Waals surface area contributed by atoms with Gasteiger partial charge in [-0.2, -0.15) is 13.2 Å². The highest BCUT2D eigenvalue weighted by atomic mass is 19.4. The predicted molar refractivity (Wildman–Crippen MR) is 71.3 cm³/mol. The quantitative estimate of drug-likeness (QED) is 0.627. The van der Waals surface area contributed by atoms with Crippen LogP contribution in [-0.4, -0.2) is 16.4 Å². The van der Waals surface area contributed by atoms with E-state index in [1.54, 1.807) is 6.08 Å². The molecule has 5 heteroatoms. The highest BCUT2D eigenvalue weighted by Gasteiger charge is 2.39. The van der Waals surface area contributed by atoms with E-state index in [4.69, 9.17) is 0 Å². The number of allylic oxidation sites excluding steroid dienone is 4. The van der Waals surface area contributed by atoms with Crippen molar-refractivity contribution in [1.29, 1.82) is 0 Å². The molecule has 0 aromatic heterocycles. The Morgan fingerprint density at radius 1 is 1.10 bits per heavy atom. The molecule has 0 spiro atoms. The van der Waals surface area contributed by atoms with Gasteiger partial charge in [-0.1, -0.05) is 25.8 Å². The number of hydrogen-bond acceptors (Lipinski definition) is 2. The second kappa shape index (κ2) is 5.23. The maximum atomic E-state index is 13.0. The average molecular weight is 284 g/mol. The van der Waals surface area contributed by atoms with Crippen molar-refractivity contribution in [3.8, 4) is 11.5 Å². The number of unbranched alkanes of at least 4 members (excludes halogenated alkanes) is 2. The Morgan fingerprint density at radius 3 is 2.25 bits per heavy atom. The lowest BCUT2D eigenvalue weighted by atomic mass is 10.0. The Hall–Kier alpha value is -1.91. The summed E-state index contributed by atoms with van der Waals surface area (Å²) in [5.74, 6) is -0.962. The predicted octanol–water partition coefficient (Wildman–Crippen LogP) is 4.63. The van der Waals surface area contributed by atoms with Gasteiger partial charge in [-0.25, -0.2) is 0 Å². The normalized spacial score (nSPS) is 16.4. The minimum atomic E-state index is -4.49. The summed E-state index contributed by atoms with van der Waals surface area (Å²) >= 11 is 0. The highest BCUT2D eigenvalue weighted by Crippen LogP contribution is 2.47. The molecule has 0 aliphatic heterocycles. The average Bonchev–Trinajstić information content (AvgIpc) is 2.69. The van der Waals surface area contributed by atoms with Crippen LogP contribution in [0.3, 0.4) is 0 Å².